The molecule has 0 unspecified atom stereocenters. The van der Waals surface area contributed by atoms with E-state index < -0.39 is 0 Å². The first-order valence-electron chi connectivity index (χ1n) is 9.55. The number of methoxy groups -OCH3 is 2. The number of nitrogens with two attached hydrogens (primary N) is 1. The molecule has 1 fully saturated rings. The maximum Gasteiger partial charge on any atom is 0.257 e. The summed E-state index contributed by atoms with van der Waals surface area (Å²) in [7, 11) is 3.10. The summed E-state index contributed by atoms with van der Waals surface area (Å²) in [6, 6.07) is 5.32. The monoisotopic (exact) mass is 396 g/mol. The maximum absolute atomic E-state index is 13.2. The number of likely N-dealkylation sites (tertiary alicyclic amines) is 1. The van der Waals surface area contributed by atoms with Crippen molar-refractivity contribution in [3.05, 3.63) is 41.9 Å². The molecule has 29 heavy (non-hydrogen) atoms. The number of hydrogen-bond donors (Lipinski definition) is 1. The van der Waals surface area contributed by atoms with E-state index in [1.807, 2.05) is 4.90 Å². The highest BCUT2D eigenvalue weighted by Gasteiger charge is 2.33. The fourth-order valence-corrected chi connectivity index (χ4v) is 3.87. The van der Waals surface area contributed by atoms with Crippen LogP contribution in [0.5, 0.6) is 11.5 Å². The Kier molecular flexibility index (Phi) is 5.30. The van der Waals surface area contributed by atoms with Crippen molar-refractivity contribution < 1.29 is 14.3 Å². The van der Waals surface area contributed by atoms with Gasteiger partial charge in [-0.05, 0) is 18.6 Å². The molecule has 1 aliphatic heterocycles. The second-order valence-electron chi connectivity index (χ2n) is 6.90. The molecule has 152 valence electrons. The average Bonchev–Trinajstić information content (AvgIpc) is 3.38. The highest BCUT2D eigenvalue weighted by Crippen LogP contribution is 2.35. The van der Waals surface area contributed by atoms with Crippen molar-refractivity contribution >= 4 is 17.1 Å². The fraction of sp³-hybridized carbons (Fsp3) is 0.400. The van der Waals surface area contributed by atoms with E-state index in [4.69, 9.17) is 20.3 Å². The van der Waals surface area contributed by atoms with Gasteiger partial charge in [-0.3, -0.25) is 4.79 Å². The molecule has 1 amide bonds. The van der Waals surface area contributed by atoms with E-state index in [-0.39, 0.29) is 11.8 Å². The van der Waals surface area contributed by atoms with Crippen LogP contribution >= 0.6 is 0 Å². The Hall–Kier alpha value is -3.20. The minimum absolute atomic E-state index is 0.0833. The summed E-state index contributed by atoms with van der Waals surface area (Å²) in [6.45, 7) is 2.24. The van der Waals surface area contributed by atoms with E-state index in [0.717, 1.165) is 23.3 Å². The first kappa shape index (κ1) is 19.1. The van der Waals surface area contributed by atoms with Gasteiger partial charge in [0.25, 0.3) is 5.91 Å². The number of aromatic nitrogens is 4. The third-order valence-corrected chi connectivity index (χ3v) is 5.23. The molecule has 3 aromatic rings. The molecule has 1 atom stereocenters. The van der Waals surface area contributed by atoms with E-state index in [2.05, 4.69) is 9.97 Å². The number of carbonyl (C=O) groups excluding carboxylic acids is 1. The van der Waals surface area contributed by atoms with Crippen LogP contribution in [0.15, 0.2) is 30.6 Å². The molecule has 9 heteroatoms. The van der Waals surface area contributed by atoms with E-state index in [0.29, 0.717) is 43.2 Å². The smallest absolute Gasteiger partial charge is 0.257 e. The summed E-state index contributed by atoms with van der Waals surface area (Å²) >= 11 is 0. The number of carbonyl (C=O) groups is 1. The molecule has 1 aromatic carbocycles. The number of fused-ring (bicyclic) bond motifs is 1. The SMILES string of the molecule is COc1cccc(C(=O)N2CC[C@H](c3nn(CCN)c4nccnc34)C2)c1OC. The minimum Gasteiger partial charge on any atom is -0.493 e. The molecule has 1 saturated heterocycles. The van der Waals surface area contributed by atoms with Crippen molar-refractivity contribution in [3.8, 4) is 11.5 Å². The lowest BCUT2D eigenvalue weighted by Crippen LogP contribution is -2.29. The molecule has 0 aliphatic carbocycles. The van der Waals surface area contributed by atoms with Crippen molar-refractivity contribution in [1.82, 2.24) is 24.6 Å². The molecule has 9 nitrogen and oxygen atoms in total. The molecular formula is C20H24N6O3. The van der Waals surface area contributed by atoms with Gasteiger partial charge >= 0.3 is 0 Å². The Bertz CT molecular complexity index is 1030. The number of nitrogens with zero attached hydrogens (tertiary/aromatic N) is 5. The van der Waals surface area contributed by atoms with Crippen molar-refractivity contribution in [2.24, 2.45) is 5.73 Å². The maximum atomic E-state index is 13.2. The molecule has 2 N–H and O–H groups in total. The fourth-order valence-electron chi connectivity index (χ4n) is 3.87. The van der Waals surface area contributed by atoms with Gasteiger partial charge in [-0.1, -0.05) is 6.07 Å². The van der Waals surface area contributed by atoms with E-state index >= 15 is 0 Å². The van der Waals surface area contributed by atoms with E-state index in [1.165, 1.54) is 7.11 Å². The third-order valence-electron chi connectivity index (χ3n) is 5.23. The third kappa shape index (κ3) is 3.38. The van der Waals surface area contributed by atoms with Crippen LogP contribution in [0.2, 0.25) is 0 Å². The van der Waals surface area contributed by atoms with Gasteiger partial charge in [0, 0.05) is 37.9 Å². The first-order valence-corrected chi connectivity index (χ1v) is 9.55. The van der Waals surface area contributed by atoms with Crippen LogP contribution in [-0.2, 0) is 6.54 Å². The Morgan fingerprint density at radius 1 is 1.24 bits per heavy atom. The predicted octanol–water partition coefficient (Wildman–Crippen LogP) is 1.43. The number of amides is 1. The minimum atomic E-state index is -0.0833. The van der Waals surface area contributed by atoms with Crippen LogP contribution < -0.4 is 15.2 Å². The van der Waals surface area contributed by atoms with Crippen molar-refractivity contribution in [3.63, 3.8) is 0 Å². The van der Waals surface area contributed by atoms with Crippen LogP contribution in [0.1, 0.15) is 28.4 Å². The van der Waals surface area contributed by atoms with E-state index in [1.54, 1.807) is 42.4 Å². The molecule has 0 spiro atoms. The summed E-state index contributed by atoms with van der Waals surface area (Å²) in [5, 5.41) is 4.72. The van der Waals surface area contributed by atoms with Gasteiger partial charge in [0.15, 0.2) is 17.1 Å². The molecule has 0 saturated carbocycles. The second kappa shape index (κ2) is 8.04. The van der Waals surface area contributed by atoms with Gasteiger partial charge in [-0.25, -0.2) is 14.6 Å². The first-order chi connectivity index (χ1) is 14.2. The van der Waals surface area contributed by atoms with Crippen LogP contribution in [-0.4, -0.2) is 64.4 Å². The highest BCUT2D eigenvalue weighted by atomic mass is 16.5. The predicted molar refractivity (Wildman–Crippen MR) is 107 cm³/mol. The number of rotatable bonds is 6. The summed E-state index contributed by atoms with van der Waals surface area (Å²) in [5.41, 5.74) is 8.57. The van der Waals surface area contributed by atoms with Crippen molar-refractivity contribution in [2.75, 3.05) is 33.9 Å². The lowest BCUT2D eigenvalue weighted by Gasteiger charge is -2.19. The Morgan fingerprint density at radius 2 is 2.07 bits per heavy atom. The number of ether oxygens (including phenoxy) is 2. The number of para-hydroxylation sites is 1. The van der Waals surface area contributed by atoms with E-state index in [9.17, 15) is 4.79 Å². The van der Waals surface area contributed by atoms with Gasteiger partial charge in [0.1, 0.15) is 5.52 Å². The lowest BCUT2D eigenvalue weighted by molar-refractivity contribution is 0.0786. The quantitative estimate of drug-likeness (QED) is 0.671. The Morgan fingerprint density at radius 3 is 2.83 bits per heavy atom. The highest BCUT2D eigenvalue weighted by molar-refractivity contribution is 5.98. The molecule has 3 heterocycles. The van der Waals surface area contributed by atoms with Crippen LogP contribution in [0.25, 0.3) is 11.2 Å². The van der Waals surface area contributed by atoms with Crippen LogP contribution in [0, 0.1) is 0 Å². The van der Waals surface area contributed by atoms with Gasteiger partial charge in [-0.2, -0.15) is 5.10 Å². The van der Waals surface area contributed by atoms with Crippen LogP contribution in [0.4, 0.5) is 0 Å². The van der Waals surface area contributed by atoms with Crippen molar-refractivity contribution in [2.45, 2.75) is 18.9 Å². The zero-order valence-electron chi connectivity index (χ0n) is 16.5. The molecule has 0 bridgehead atoms. The van der Waals surface area contributed by atoms with Gasteiger partial charge < -0.3 is 20.1 Å². The zero-order valence-corrected chi connectivity index (χ0v) is 16.5. The summed E-state index contributed by atoms with van der Waals surface area (Å²) in [4.78, 5) is 23.9. The van der Waals surface area contributed by atoms with Gasteiger partial charge in [0.2, 0.25) is 0 Å². The molecule has 4 rings (SSSR count). The van der Waals surface area contributed by atoms with Crippen LogP contribution in [0.3, 0.4) is 0 Å². The largest absolute Gasteiger partial charge is 0.493 e. The second-order valence-corrected chi connectivity index (χ2v) is 6.90. The average molecular weight is 396 g/mol. The van der Waals surface area contributed by atoms with Gasteiger partial charge in [0.05, 0.1) is 32.0 Å². The molecular weight excluding hydrogens is 372 g/mol. The summed E-state index contributed by atoms with van der Waals surface area (Å²) < 4.78 is 12.5. The Balaban J connectivity index is 1.61. The zero-order chi connectivity index (χ0) is 20.4. The Labute approximate surface area is 168 Å². The molecule has 0 radical (unpaired) electrons. The topological polar surface area (TPSA) is 108 Å². The number of hydrogen-bond acceptors (Lipinski definition) is 7. The summed E-state index contributed by atoms with van der Waals surface area (Å²) in [5.74, 6) is 0.997. The summed E-state index contributed by atoms with van der Waals surface area (Å²) in [6.07, 6.45) is 4.13. The molecule has 2 aromatic heterocycles. The standard InChI is InChI=1S/C20H24N6O3/c1-28-15-5-3-4-14(18(15)29-2)20(27)25-10-6-13(12-25)16-17-19(23-9-8-22-17)26(24-16)11-7-21/h3-5,8-9,13H,6-7,10-12,21H2,1-2H3/t13-/m0/s1. The van der Waals surface area contributed by atoms with Gasteiger partial charge in [-0.15, -0.1) is 0 Å². The lowest BCUT2D eigenvalue weighted by atomic mass is 10.0. The van der Waals surface area contributed by atoms with Crippen molar-refractivity contribution in [1.29, 1.82) is 0 Å². The normalized spacial score (nSPS) is 16.4. The molecule has 1 aliphatic rings. The number of benzene rings is 1.